The maximum atomic E-state index is 11.5. The van der Waals surface area contributed by atoms with Crippen molar-refractivity contribution in [2.45, 2.75) is 44.9 Å². The van der Waals surface area contributed by atoms with Crippen LogP contribution in [0.2, 0.25) is 0 Å². The second kappa shape index (κ2) is 6.50. The monoisotopic (exact) mass is 260 g/mol. The predicted octanol–water partition coefficient (Wildman–Crippen LogP) is 3.27. The van der Waals surface area contributed by atoms with Gasteiger partial charge in [-0.2, -0.15) is 0 Å². The molecule has 0 aliphatic heterocycles. The first-order valence-electron chi connectivity index (χ1n) is 6.95. The number of benzene rings is 1. The van der Waals surface area contributed by atoms with Gasteiger partial charge in [0.05, 0.1) is 13.0 Å². The molecule has 19 heavy (non-hydrogen) atoms. The molecule has 1 aliphatic carbocycles. The summed E-state index contributed by atoms with van der Waals surface area (Å²) in [7, 11) is 0. The average Bonchev–Trinajstić information content (AvgIpc) is 2.39. The smallest absolute Gasteiger partial charge is 0.140 e. The van der Waals surface area contributed by atoms with Gasteiger partial charge in [0.1, 0.15) is 17.3 Å². The minimum Gasteiger partial charge on any atom is -0.494 e. The van der Waals surface area contributed by atoms with Crippen LogP contribution in [0.3, 0.4) is 0 Å². The third kappa shape index (κ3) is 3.91. The fourth-order valence-corrected chi connectivity index (χ4v) is 2.39. The molecule has 1 aromatic carbocycles. The molecular formula is C16H20O3. The second-order valence-electron chi connectivity index (χ2n) is 5.13. The topological polar surface area (TPSA) is 43.4 Å². The maximum Gasteiger partial charge on any atom is 0.140 e. The lowest BCUT2D eigenvalue weighted by molar-refractivity contribution is -0.130. The van der Waals surface area contributed by atoms with Crippen molar-refractivity contribution in [2.75, 3.05) is 6.61 Å². The first kappa shape index (κ1) is 13.8. The first-order chi connectivity index (χ1) is 9.19. The van der Waals surface area contributed by atoms with Gasteiger partial charge in [-0.1, -0.05) is 25.5 Å². The summed E-state index contributed by atoms with van der Waals surface area (Å²) in [6.07, 6.45) is 3.26. The summed E-state index contributed by atoms with van der Waals surface area (Å²) < 4.78 is 5.60. The van der Waals surface area contributed by atoms with E-state index < -0.39 is 0 Å². The van der Waals surface area contributed by atoms with Gasteiger partial charge in [0.2, 0.25) is 0 Å². The van der Waals surface area contributed by atoms with Crippen LogP contribution >= 0.6 is 0 Å². The highest BCUT2D eigenvalue weighted by atomic mass is 16.5. The molecule has 1 fully saturated rings. The Morgan fingerprint density at radius 3 is 2.32 bits per heavy atom. The summed E-state index contributed by atoms with van der Waals surface area (Å²) in [5.41, 5.74) is 1.06. The van der Waals surface area contributed by atoms with Crippen molar-refractivity contribution in [1.82, 2.24) is 0 Å². The standard InChI is InChI=1S/C16H20O3/c1-2-3-8-19-16-6-4-12(5-7-16)13-9-14(17)11-15(18)10-13/h4-7,13H,2-3,8-11H2,1H3. The Kier molecular flexibility index (Phi) is 4.72. The lowest BCUT2D eigenvalue weighted by Crippen LogP contribution is -2.21. The molecule has 0 saturated heterocycles. The molecule has 0 heterocycles. The number of unbranched alkanes of at least 4 members (excludes halogenated alkanes) is 1. The summed E-state index contributed by atoms with van der Waals surface area (Å²) in [6, 6.07) is 7.79. The maximum absolute atomic E-state index is 11.5. The van der Waals surface area contributed by atoms with E-state index in [1.54, 1.807) is 0 Å². The SMILES string of the molecule is CCCCOc1ccc(C2CC(=O)CC(=O)C2)cc1. The van der Waals surface area contributed by atoms with Crippen LogP contribution in [0.1, 0.15) is 50.5 Å². The molecule has 0 atom stereocenters. The average molecular weight is 260 g/mol. The normalized spacial score (nSPS) is 16.7. The van der Waals surface area contributed by atoms with Crippen molar-refractivity contribution in [3.05, 3.63) is 29.8 Å². The van der Waals surface area contributed by atoms with Crippen molar-refractivity contribution in [2.24, 2.45) is 0 Å². The van der Waals surface area contributed by atoms with Crippen LogP contribution in [-0.2, 0) is 9.59 Å². The van der Waals surface area contributed by atoms with Gasteiger partial charge in [0.25, 0.3) is 0 Å². The second-order valence-corrected chi connectivity index (χ2v) is 5.13. The number of hydrogen-bond donors (Lipinski definition) is 0. The van der Waals surface area contributed by atoms with Gasteiger partial charge in [0, 0.05) is 12.8 Å². The quantitative estimate of drug-likeness (QED) is 0.603. The van der Waals surface area contributed by atoms with E-state index in [1.807, 2.05) is 24.3 Å². The zero-order chi connectivity index (χ0) is 13.7. The first-order valence-corrected chi connectivity index (χ1v) is 6.95. The summed E-state index contributed by atoms with van der Waals surface area (Å²) in [5.74, 6) is 1.03. The fourth-order valence-electron chi connectivity index (χ4n) is 2.39. The van der Waals surface area contributed by atoms with Crippen LogP contribution in [0.5, 0.6) is 5.75 Å². The van der Waals surface area contributed by atoms with Crippen molar-refractivity contribution < 1.29 is 14.3 Å². The number of ether oxygens (including phenoxy) is 1. The molecule has 1 saturated carbocycles. The van der Waals surface area contributed by atoms with Crippen LogP contribution < -0.4 is 4.74 Å². The van der Waals surface area contributed by atoms with E-state index in [0.717, 1.165) is 30.8 Å². The zero-order valence-electron chi connectivity index (χ0n) is 11.4. The van der Waals surface area contributed by atoms with E-state index in [-0.39, 0.29) is 23.9 Å². The molecule has 0 aromatic heterocycles. The molecule has 2 rings (SSSR count). The van der Waals surface area contributed by atoms with E-state index >= 15 is 0 Å². The van der Waals surface area contributed by atoms with Crippen molar-refractivity contribution >= 4 is 11.6 Å². The third-order valence-corrected chi connectivity index (χ3v) is 3.46. The summed E-state index contributed by atoms with van der Waals surface area (Å²) in [6.45, 7) is 2.86. The molecular weight excluding hydrogens is 240 g/mol. The molecule has 1 aliphatic rings. The van der Waals surface area contributed by atoms with Crippen LogP contribution in [-0.4, -0.2) is 18.2 Å². The van der Waals surface area contributed by atoms with E-state index in [2.05, 4.69) is 6.92 Å². The zero-order valence-corrected chi connectivity index (χ0v) is 11.4. The molecule has 0 N–H and O–H groups in total. The van der Waals surface area contributed by atoms with Crippen molar-refractivity contribution in [1.29, 1.82) is 0 Å². The highest BCUT2D eigenvalue weighted by Crippen LogP contribution is 2.30. The largest absolute Gasteiger partial charge is 0.494 e. The molecule has 0 bridgehead atoms. The number of rotatable bonds is 5. The summed E-state index contributed by atoms with van der Waals surface area (Å²) in [4.78, 5) is 22.9. The molecule has 0 amide bonds. The van der Waals surface area contributed by atoms with Crippen molar-refractivity contribution in [3.63, 3.8) is 0 Å². The van der Waals surface area contributed by atoms with E-state index in [4.69, 9.17) is 4.74 Å². The van der Waals surface area contributed by atoms with Gasteiger partial charge in [-0.3, -0.25) is 9.59 Å². The molecule has 0 radical (unpaired) electrons. The number of Topliss-reactive ketones (excluding diaryl/α,β-unsaturated/α-hetero) is 2. The molecule has 3 nitrogen and oxygen atoms in total. The Morgan fingerprint density at radius 1 is 1.11 bits per heavy atom. The Labute approximate surface area is 114 Å². The molecule has 1 aromatic rings. The lowest BCUT2D eigenvalue weighted by Gasteiger charge is -2.20. The Bertz CT molecular complexity index is 432. The van der Waals surface area contributed by atoms with Crippen LogP contribution in [0.4, 0.5) is 0 Å². The number of carbonyl (C=O) groups excluding carboxylic acids is 2. The van der Waals surface area contributed by atoms with Gasteiger partial charge in [-0.15, -0.1) is 0 Å². The summed E-state index contributed by atoms with van der Waals surface area (Å²) in [5, 5.41) is 0. The number of ketones is 2. The minimum absolute atomic E-state index is 0.0541. The highest BCUT2D eigenvalue weighted by molar-refractivity contribution is 6.02. The highest BCUT2D eigenvalue weighted by Gasteiger charge is 2.26. The Balaban J connectivity index is 1.97. The van der Waals surface area contributed by atoms with Crippen LogP contribution in [0.25, 0.3) is 0 Å². The van der Waals surface area contributed by atoms with Crippen LogP contribution in [0.15, 0.2) is 24.3 Å². The summed E-state index contributed by atoms with van der Waals surface area (Å²) >= 11 is 0. The van der Waals surface area contributed by atoms with E-state index in [9.17, 15) is 9.59 Å². The van der Waals surface area contributed by atoms with Gasteiger partial charge in [-0.05, 0) is 30.0 Å². The Morgan fingerprint density at radius 2 is 1.74 bits per heavy atom. The number of carbonyl (C=O) groups is 2. The van der Waals surface area contributed by atoms with Gasteiger partial charge in [-0.25, -0.2) is 0 Å². The van der Waals surface area contributed by atoms with Gasteiger partial charge >= 0.3 is 0 Å². The molecule has 3 heteroatoms. The Hall–Kier alpha value is -1.64. The van der Waals surface area contributed by atoms with E-state index in [0.29, 0.717) is 12.8 Å². The van der Waals surface area contributed by atoms with Crippen LogP contribution in [0, 0.1) is 0 Å². The lowest BCUT2D eigenvalue weighted by atomic mass is 9.83. The minimum atomic E-state index is 0.0541. The number of hydrogen-bond acceptors (Lipinski definition) is 3. The molecule has 0 spiro atoms. The molecule has 0 unspecified atom stereocenters. The van der Waals surface area contributed by atoms with Gasteiger partial charge < -0.3 is 4.74 Å². The van der Waals surface area contributed by atoms with E-state index in [1.165, 1.54) is 0 Å². The fraction of sp³-hybridized carbons (Fsp3) is 0.500. The van der Waals surface area contributed by atoms with Gasteiger partial charge in [0.15, 0.2) is 0 Å². The molecule has 102 valence electrons. The van der Waals surface area contributed by atoms with Crippen molar-refractivity contribution in [3.8, 4) is 5.75 Å². The third-order valence-electron chi connectivity index (χ3n) is 3.46. The predicted molar refractivity (Wildman–Crippen MR) is 73.5 cm³/mol.